The minimum Gasteiger partial charge on any atom is -0.379 e. The summed E-state index contributed by atoms with van der Waals surface area (Å²) in [5, 5.41) is 0. The van der Waals surface area contributed by atoms with Gasteiger partial charge in [-0.05, 0) is 12.8 Å². The highest BCUT2D eigenvalue weighted by molar-refractivity contribution is 6.13. The molecule has 5 heteroatoms. The van der Waals surface area contributed by atoms with Crippen LogP contribution < -0.4 is 0 Å². The zero-order valence-corrected chi connectivity index (χ0v) is 9.38. The lowest BCUT2D eigenvalue weighted by Crippen LogP contribution is -2.47. The molecule has 0 aromatic heterocycles. The smallest absolute Gasteiger partial charge is 0.253 e. The first-order valence-electron chi connectivity index (χ1n) is 5.30. The van der Waals surface area contributed by atoms with Crippen LogP contribution in [0.2, 0.25) is 0 Å². The molecule has 1 unspecified atom stereocenters. The molecule has 2 aliphatic rings. The number of carbonyl (C=O) groups excluding carboxylic acids is 2. The van der Waals surface area contributed by atoms with Gasteiger partial charge in [0.05, 0.1) is 12.1 Å². The molecule has 0 bridgehead atoms. The number of methoxy groups -OCH3 is 2. The van der Waals surface area contributed by atoms with Gasteiger partial charge in [-0.15, -0.1) is 0 Å². The normalized spacial score (nSPS) is 34.1. The lowest BCUT2D eigenvalue weighted by Gasteiger charge is -2.28. The Morgan fingerprint density at radius 3 is 2.25 bits per heavy atom. The van der Waals surface area contributed by atoms with Gasteiger partial charge in [0.1, 0.15) is 6.10 Å². The predicted molar refractivity (Wildman–Crippen MR) is 55.6 cm³/mol. The summed E-state index contributed by atoms with van der Waals surface area (Å²) in [6.07, 6.45) is 3.87. The fourth-order valence-corrected chi connectivity index (χ4v) is 2.49. The molecule has 0 aromatic carbocycles. The van der Waals surface area contributed by atoms with Crippen molar-refractivity contribution < 1.29 is 19.1 Å². The number of amides is 2. The van der Waals surface area contributed by atoms with Gasteiger partial charge in [-0.2, -0.15) is 0 Å². The number of hydrogen-bond acceptors (Lipinski definition) is 4. The lowest BCUT2D eigenvalue weighted by atomic mass is 10.1. The maximum Gasteiger partial charge on any atom is 0.253 e. The molecule has 1 saturated carbocycles. The van der Waals surface area contributed by atoms with Gasteiger partial charge in [-0.25, -0.2) is 0 Å². The summed E-state index contributed by atoms with van der Waals surface area (Å²) in [7, 11) is 3.19. The highest BCUT2D eigenvalue weighted by Crippen LogP contribution is 2.30. The van der Waals surface area contributed by atoms with Crippen LogP contribution in [0.1, 0.15) is 12.8 Å². The summed E-state index contributed by atoms with van der Waals surface area (Å²) in [6, 6.07) is -0.204. The van der Waals surface area contributed by atoms with Crippen LogP contribution in [0.4, 0.5) is 0 Å². The molecular formula is C11H15NO4. The van der Waals surface area contributed by atoms with Gasteiger partial charge in [0.25, 0.3) is 11.8 Å². The molecule has 2 amide bonds. The summed E-state index contributed by atoms with van der Waals surface area (Å²) in [5.74, 6) is -0.511. The van der Waals surface area contributed by atoms with E-state index in [1.165, 1.54) is 17.1 Å². The molecule has 1 aliphatic carbocycles. The molecule has 88 valence electrons. The van der Waals surface area contributed by atoms with Crippen LogP contribution >= 0.6 is 0 Å². The second-order valence-corrected chi connectivity index (χ2v) is 4.00. The first kappa shape index (κ1) is 11.3. The molecule has 3 atom stereocenters. The standard InChI is InChI=1S/C11H15NO4/c1-15-8-4-3-7(11(8)16-2)12-9(13)5-6-10(12)14/h5-8,11H,3-4H2,1-2H3/t7-,8?,11-/m0/s1. The van der Waals surface area contributed by atoms with E-state index in [0.717, 1.165) is 12.8 Å². The zero-order valence-electron chi connectivity index (χ0n) is 9.38. The number of hydrogen-bond donors (Lipinski definition) is 0. The van der Waals surface area contributed by atoms with Crippen LogP contribution in [0.15, 0.2) is 12.2 Å². The van der Waals surface area contributed by atoms with Crippen molar-refractivity contribution in [3.05, 3.63) is 12.2 Å². The molecule has 1 aliphatic heterocycles. The quantitative estimate of drug-likeness (QED) is 0.639. The number of carbonyl (C=O) groups is 2. The van der Waals surface area contributed by atoms with Crippen molar-refractivity contribution in [2.75, 3.05) is 14.2 Å². The monoisotopic (exact) mass is 225 g/mol. The van der Waals surface area contributed by atoms with Crippen LogP contribution in [-0.4, -0.2) is 49.2 Å². The predicted octanol–water partition coefficient (Wildman–Crippen LogP) is 0.104. The van der Waals surface area contributed by atoms with Crippen LogP contribution in [0.25, 0.3) is 0 Å². The molecule has 1 heterocycles. The third-order valence-electron chi connectivity index (χ3n) is 3.24. The summed E-state index contributed by atoms with van der Waals surface area (Å²) < 4.78 is 10.6. The van der Waals surface area contributed by atoms with Crippen LogP contribution in [0.3, 0.4) is 0 Å². The Kier molecular flexibility index (Phi) is 3.07. The second kappa shape index (κ2) is 4.35. The summed E-state index contributed by atoms with van der Waals surface area (Å²) in [4.78, 5) is 24.4. The second-order valence-electron chi connectivity index (χ2n) is 4.00. The molecule has 0 radical (unpaired) electrons. The van der Waals surface area contributed by atoms with Crippen molar-refractivity contribution in [2.45, 2.75) is 31.1 Å². The Labute approximate surface area is 94.0 Å². The van der Waals surface area contributed by atoms with E-state index in [2.05, 4.69) is 0 Å². The van der Waals surface area contributed by atoms with E-state index in [4.69, 9.17) is 9.47 Å². The lowest BCUT2D eigenvalue weighted by molar-refractivity contribution is -0.143. The molecule has 5 nitrogen and oxygen atoms in total. The van der Waals surface area contributed by atoms with Crippen molar-refractivity contribution in [1.29, 1.82) is 0 Å². The molecule has 0 N–H and O–H groups in total. The van der Waals surface area contributed by atoms with E-state index in [-0.39, 0.29) is 30.1 Å². The Balaban J connectivity index is 2.16. The molecule has 2 rings (SSSR count). The Morgan fingerprint density at radius 2 is 1.75 bits per heavy atom. The van der Waals surface area contributed by atoms with Gasteiger partial charge < -0.3 is 9.47 Å². The fourth-order valence-electron chi connectivity index (χ4n) is 2.49. The van der Waals surface area contributed by atoms with E-state index in [9.17, 15) is 9.59 Å². The van der Waals surface area contributed by atoms with Crippen LogP contribution in [0, 0.1) is 0 Å². The maximum absolute atomic E-state index is 11.6. The first-order valence-corrected chi connectivity index (χ1v) is 5.30. The minimum atomic E-state index is -0.256. The van der Waals surface area contributed by atoms with E-state index in [1.807, 2.05) is 0 Å². The van der Waals surface area contributed by atoms with Gasteiger partial charge in [-0.3, -0.25) is 14.5 Å². The Bertz CT molecular complexity index is 321. The van der Waals surface area contributed by atoms with Gasteiger partial charge in [0.2, 0.25) is 0 Å². The van der Waals surface area contributed by atoms with Gasteiger partial charge in [0.15, 0.2) is 0 Å². The number of rotatable bonds is 3. The number of imide groups is 1. The van der Waals surface area contributed by atoms with E-state index in [0.29, 0.717) is 0 Å². The van der Waals surface area contributed by atoms with Crippen molar-refractivity contribution >= 4 is 11.8 Å². The third-order valence-corrected chi connectivity index (χ3v) is 3.24. The van der Waals surface area contributed by atoms with Gasteiger partial charge >= 0.3 is 0 Å². The van der Waals surface area contributed by atoms with E-state index < -0.39 is 0 Å². The number of nitrogens with zero attached hydrogens (tertiary/aromatic N) is 1. The van der Waals surface area contributed by atoms with E-state index >= 15 is 0 Å². The molecule has 0 spiro atoms. The van der Waals surface area contributed by atoms with Crippen molar-refractivity contribution in [3.63, 3.8) is 0 Å². The highest BCUT2D eigenvalue weighted by Gasteiger charge is 2.44. The molecule has 1 fully saturated rings. The largest absolute Gasteiger partial charge is 0.379 e. The molecule has 16 heavy (non-hydrogen) atoms. The molecule has 0 saturated heterocycles. The molecular weight excluding hydrogens is 210 g/mol. The summed E-state index contributed by atoms with van der Waals surface area (Å²) in [6.45, 7) is 0. The summed E-state index contributed by atoms with van der Waals surface area (Å²) in [5.41, 5.74) is 0. The van der Waals surface area contributed by atoms with Crippen molar-refractivity contribution in [1.82, 2.24) is 4.90 Å². The third kappa shape index (κ3) is 1.66. The minimum absolute atomic E-state index is 0.0452. The van der Waals surface area contributed by atoms with Crippen LogP contribution in [-0.2, 0) is 19.1 Å². The average Bonchev–Trinajstić information content (AvgIpc) is 2.82. The Morgan fingerprint density at radius 1 is 1.12 bits per heavy atom. The molecule has 0 aromatic rings. The van der Waals surface area contributed by atoms with Gasteiger partial charge in [-0.1, -0.05) is 0 Å². The fraction of sp³-hybridized carbons (Fsp3) is 0.636. The first-order chi connectivity index (χ1) is 7.69. The van der Waals surface area contributed by atoms with Gasteiger partial charge in [0, 0.05) is 26.4 Å². The van der Waals surface area contributed by atoms with Crippen LogP contribution in [0.5, 0.6) is 0 Å². The Hall–Kier alpha value is -1.20. The zero-order chi connectivity index (χ0) is 11.7. The van der Waals surface area contributed by atoms with E-state index in [1.54, 1.807) is 14.2 Å². The number of ether oxygens (including phenoxy) is 2. The van der Waals surface area contributed by atoms with Crippen molar-refractivity contribution in [3.8, 4) is 0 Å². The average molecular weight is 225 g/mol. The van der Waals surface area contributed by atoms with Crippen molar-refractivity contribution in [2.24, 2.45) is 0 Å². The summed E-state index contributed by atoms with van der Waals surface area (Å²) >= 11 is 0. The highest BCUT2D eigenvalue weighted by atomic mass is 16.5. The topological polar surface area (TPSA) is 55.8 Å². The maximum atomic E-state index is 11.6. The SMILES string of the molecule is COC1CC[C@H](N2C(=O)C=CC2=O)[C@@H]1OC.